The second-order valence-corrected chi connectivity index (χ2v) is 7.21. The van der Waals surface area contributed by atoms with E-state index < -0.39 is 22.5 Å². The molecule has 2 rings (SSSR count). The van der Waals surface area contributed by atoms with Gasteiger partial charge in [0.2, 0.25) is 0 Å². The van der Waals surface area contributed by atoms with Gasteiger partial charge in [0, 0.05) is 0 Å². The first kappa shape index (κ1) is 17.8. The summed E-state index contributed by atoms with van der Waals surface area (Å²) in [5.74, 6) is -1.34. The van der Waals surface area contributed by atoms with Gasteiger partial charge in [0.15, 0.2) is 0 Å². The van der Waals surface area contributed by atoms with Crippen molar-refractivity contribution in [1.82, 2.24) is 0 Å². The highest BCUT2D eigenvalue weighted by molar-refractivity contribution is 7.93. The van der Waals surface area contributed by atoms with Crippen molar-refractivity contribution in [3.8, 4) is 5.75 Å². The number of sulfonamides is 1. The summed E-state index contributed by atoms with van der Waals surface area (Å²) < 4.78 is 32.1. The zero-order valence-electron chi connectivity index (χ0n) is 13.6. The Morgan fingerprint density at radius 2 is 1.79 bits per heavy atom. The Kier molecular flexibility index (Phi) is 5.14. The number of nitrogens with zero attached hydrogens (tertiary/aromatic N) is 1. The Hall–Kier alpha value is -2.54. The van der Waals surface area contributed by atoms with Crippen molar-refractivity contribution in [1.29, 1.82) is 0 Å². The summed E-state index contributed by atoms with van der Waals surface area (Å²) in [7, 11) is -2.78. The molecule has 2 aromatic rings. The molecule has 0 bridgehead atoms. The van der Waals surface area contributed by atoms with Gasteiger partial charge in [0.1, 0.15) is 10.6 Å². The maximum atomic E-state index is 13.1. The van der Waals surface area contributed by atoms with E-state index in [2.05, 4.69) is 0 Å². The topological polar surface area (TPSA) is 86.7 Å². The van der Waals surface area contributed by atoms with Crippen LogP contribution in [0.3, 0.4) is 0 Å². The van der Waals surface area contributed by atoms with Crippen LogP contribution in [0, 0.1) is 13.8 Å². The number of methoxy groups -OCH3 is 1. The fourth-order valence-electron chi connectivity index (χ4n) is 2.32. The molecule has 0 saturated heterocycles. The van der Waals surface area contributed by atoms with E-state index in [1.54, 1.807) is 38.1 Å². The highest BCUT2D eigenvalue weighted by Crippen LogP contribution is 2.31. The van der Waals surface area contributed by atoms with Gasteiger partial charge >= 0.3 is 0 Å². The third-order valence-electron chi connectivity index (χ3n) is 3.45. The van der Waals surface area contributed by atoms with Gasteiger partial charge < -0.3 is 14.6 Å². The Labute approximate surface area is 141 Å². The molecule has 6 nitrogen and oxygen atoms in total. The number of carboxylic acids is 1. The molecule has 0 aliphatic rings. The Morgan fingerprint density at radius 1 is 1.12 bits per heavy atom. The van der Waals surface area contributed by atoms with Crippen LogP contribution >= 0.6 is 0 Å². The molecule has 0 N–H and O–H groups in total. The number of hydrogen-bond donors (Lipinski definition) is 0. The minimum atomic E-state index is -4.14. The number of carbonyl (C=O) groups is 1. The van der Waals surface area contributed by atoms with Gasteiger partial charge in [0.25, 0.3) is 10.0 Å². The van der Waals surface area contributed by atoms with Crippen LogP contribution in [0.4, 0.5) is 5.69 Å². The van der Waals surface area contributed by atoms with Crippen molar-refractivity contribution in [3.05, 3.63) is 53.6 Å². The van der Waals surface area contributed by atoms with Crippen LogP contribution in [0.5, 0.6) is 5.75 Å². The van der Waals surface area contributed by atoms with Crippen molar-refractivity contribution in [2.24, 2.45) is 0 Å². The minimum Gasteiger partial charge on any atom is -0.548 e. The lowest BCUT2D eigenvalue weighted by Crippen LogP contribution is -2.41. The molecular weight excluding hydrogens is 330 g/mol. The van der Waals surface area contributed by atoms with Gasteiger partial charge in [-0.15, -0.1) is 0 Å². The van der Waals surface area contributed by atoms with Crippen LogP contribution in [0.25, 0.3) is 0 Å². The second-order valence-electron chi connectivity index (χ2n) is 5.38. The number of hydrogen-bond acceptors (Lipinski definition) is 5. The molecule has 0 fully saturated rings. The van der Waals surface area contributed by atoms with Crippen LogP contribution in [-0.2, 0) is 14.8 Å². The minimum absolute atomic E-state index is 0.0900. The van der Waals surface area contributed by atoms with Crippen LogP contribution in [-0.4, -0.2) is 28.0 Å². The maximum absolute atomic E-state index is 13.1. The van der Waals surface area contributed by atoms with Crippen molar-refractivity contribution >= 4 is 21.7 Å². The first-order valence-corrected chi connectivity index (χ1v) is 8.63. The first-order valence-electron chi connectivity index (χ1n) is 7.19. The predicted octanol–water partition coefficient (Wildman–Crippen LogP) is 1.26. The summed E-state index contributed by atoms with van der Waals surface area (Å²) in [5, 5.41) is 11.1. The summed E-state index contributed by atoms with van der Waals surface area (Å²) in [6.45, 7) is 2.75. The van der Waals surface area contributed by atoms with E-state index in [1.807, 2.05) is 0 Å². The molecule has 2 aromatic carbocycles. The third-order valence-corrected chi connectivity index (χ3v) is 5.24. The van der Waals surface area contributed by atoms with E-state index >= 15 is 0 Å². The second kappa shape index (κ2) is 6.92. The molecule has 0 aliphatic carbocycles. The van der Waals surface area contributed by atoms with Gasteiger partial charge in [-0.2, -0.15) is 0 Å². The Balaban J connectivity index is 2.64. The predicted molar refractivity (Wildman–Crippen MR) is 88.4 cm³/mol. The SMILES string of the molecule is COc1ccc(C)cc1S(=O)(=O)N(CC(=O)[O-])c1cccc(C)c1. The molecule has 0 aromatic heterocycles. The number of benzene rings is 2. The Morgan fingerprint density at radius 3 is 2.38 bits per heavy atom. The number of aliphatic carboxylic acids is 1. The lowest BCUT2D eigenvalue weighted by atomic mass is 10.2. The van der Waals surface area contributed by atoms with E-state index in [4.69, 9.17) is 4.74 Å². The highest BCUT2D eigenvalue weighted by atomic mass is 32.2. The molecule has 0 aliphatic heterocycles. The van der Waals surface area contributed by atoms with E-state index in [0.29, 0.717) is 5.56 Å². The number of ether oxygens (including phenoxy) is 1. The number of rotatable bonds is 6. The van der Waals surface area contributed by atoms with Crippen LogP contribution in [0.1, 0.15) is 11.1 Å². The molecule has 0 saturated carbocycles. The number of carbonyl (C=O) groups excluding carboxylic acids is 1. The van der Waals surface area contributed by atoms with Crippen molar-refractivity contribution in [3.63, 3.8) is 0 Å². The molecule has 7 heteroatoms. The highest BCUT2D eigenvalue weighted by Gasteiger charge is 2.28. The third kappa shape index (κ3) is 3.68. The molecule has 0 spiro atoms. The van der Waals surface area contributed by atoms with Gasteiger partial charge in [-0.25, -0.2) is 8.42 Å². The number of carboxylic acid groups (broad SMARTS) is 1. The fraction of sp³-hybridized carbons (Fsp3) is 0.235. The summed E-state index contributed by atoms with van der Waals surface area (Å²) >= 11 is 0. The van der Waals surface area contributed by atoms with Crippen LogP contribution in [0.2, 0.25) is 0 Å². The molecule has 0 atom stereocenters. The van der Waals surface area contributed by atoms with Crippen molar-refractivity contribution in [2.45, 2.75) is 18.7 Å². The van der Waals surface area contributed by atoms with E-state index in [-0.39, 0.29) is 16.3 Å². The van der Waals surface area contributed by atoms with Crippen LogP contribution < -0.4 is 14.1 Å². The summed E-state index contributed by atoms with van der Waals surface area (Å²) in [6, 6.07) is 11.3. The summed E-state index contributed by atoms with van der Waals surface area (Å²) in [4.78, 5) is 11.0. The zero-order chi connectivity index (χ0) is 17.9. The van der Waals surface area contributed by atoms with Gasteiger partial charge in [-0.05, 0) is 49.2 Å². The molecular formula is C17H18NO5S-. The molecule has 0 heterocycles. The number of anilines is 1. The quantitative estimate of drug-likeness (QED) is 0.784. The average molecular weight is 348 g/mol. The van der Waals surface area contributed by atoms with E-state index in [0.717, 1.165) is 9.87 Å². The van der Waals surface area contributed by atoms with E-state index in [9.17, 15) is 18.3 Å². The standard InChI is InChI=1S/C17H19NO5S/c1-12-5-4-6-14(9-12)18(11-17(19)20)24(21,22)16-10-13(2)7-8-15(16)23-3/h4-10H,11H2,1-3H3,(H,19,20)/p-1. The smallest absolute Gasteiger partial charge is 0.268 e. The molecule has 128 valence electrons. The fourth-order valence-corrected chi connectivity index (χ4v) is 3.96. The largest absolute Gasteiger partial charge is 0.548 e. The number of aryl methyl sites for hydroxylation is 2. The zero-order valence-corrected chi connectivity index (χ0v) is 14.5. The lowest BCUT2D eigenvalue weighted by Gasteiger charge is -2.26. The molecule has 0 amide bonds. The average Bonchev–Trinajstić information content (AvgIpc) is 2.52. The van der Waals surface area contributed by atoms with Gasteiger partial charge in [-0.1, -0.05) is 18.2 Å². The maximum Gasteiger partial charge on any atom is 0.268 e. The molecule has 0 radical (unpaired) electrons. The summed E-state index contributed by atoms with van der Waals surface area (Å²) in [5.41, 5.74) is 1.78. The van der Waals surface area contributed by atoms with Crippen molar-refractivity contribution < 1.29 is 23.1 Å². The monoisotopic (exact) mass is 348 g/mol. The molecule has 24 heavy (non-hydrogen) atoms. The first-order chi connectivity index (χ1) is 11.3. The van der Waals surface area contributed by atoms with Crippen LogP contribution in [0.15, 0.2) is 47.4 Å². The summed E-state index contributed by atoms with van der Waals surface area (Å²) in [6.07, 6.45) is 0. The van der Waals surface area contributed by atoms with Crippen molar-refractivity contribution in [2.75, 3.05) is 18.0 Å². The molecule has 0 unspecified atom stereocenters. The van der Waals surface area contributed by atoms with Gasteiger partial charge in [-0.3, -0.25) is 4.31 Å². The van der Waals surface area contributed by atoms with E-state index in [1.165, 1.54) is 25.3 Å². The normalized spacial score (nSPS) is 11.1. The van der Waals surface area contributed by atoms with Gasteiger partial charge in [0.05, 0.1) is 25.3 Å². The lowest BCUT2D eigenvalue weighted by molar-refractivity contribution is -0.303. The Bertz CT molecular complexity index is 861.